The number of hydrogen-bond acceptors (Lipinski definition) is 5. The molecule has 1 aromatic rings. The lowest BCUT2D eigenvalue weighted by Gasteiger charge is -2.23. The van der Waals surface area contributed by atoms with Crippen molar-refractivity contribution >= 4 is 35.0 Å². The van der Waals surface area contributed by atoms with Gasteiger partial charge in [0.2, 0.25) is 11.8 Å². The molecule has 0 saturated carbocycles. The largest absolute Gasteiger partial charge is 0.495 e. The fourth-order valence-electron chi connectivity index (χ4n) is 2.30. The fraction of sp³-hybridized carbons (Fsp3) is 0.467. The number of ether oxygens (including phenoxy) is 1. The third kappa shape index (κ3) is 3.65. The van der Waals surface area contributed by atoms with Crippen LogP contribution in [0, 0.1) is 0 Å². The molecular formula is C15H21N3O3S. The number of nitrogen functional groups attached to an aromatic ring is 1. The molecule has 1 saturated heterocycles. The van der Waals surface area contributed by atoms with Crippen molar-refractivity contribution in [3.8, 4) is 5.75 Å². The highest BCUT2D eigenvalue weighted by Gasteiger charge is 2.34. The lowest BCUT2D eigenvalue weighted by Crippen LogP contribution is -2.44. The first kappa shape index (κ1) is 16.5. The molecule has 120 valence electrons. The fourth-order valence-corrected chi connectivity index (χ4v) is 3.48. The molecule has 1 fully saturated rings. The second-order valence-electron chi connectivity index (χ2n) is 5.08. The van der Waals surface area contributed by atoms with Crippen LogP contribution in [-0.2, 0) is 9.59 Å². The zero-order valence-corrected chi connectivity index (χ0v) is 13.6. The number of methoxy groups -OCH3 is 1. The number of carbonyl (C=O) groups excluding carboxylic acids is 2. The molecule has 1 aliphatic rings. The molecule has 6 nitrogen and oxygen atoms in total. The van der Waals surface area contributed by atoms with Crippen LogP contribution < -0.4 is 15.8 Å². The van der Waals surface area contributed by atoms with Crippen LogP contribution in [0.25, 0.3) is 0 Å². The summed E-state index contributed by atoms with van der Waals surface area (Å²) in [6.07, 6.45) is 1.25. The van der Waals surface area contributed by atoms with Gasteiger partial charge in [0.05, 0.1) is 18.7 Å². The van der Waals surface area contributed by atoms with Gasteiger partial charge in [0.25, 0.3) is 0 Å². The minimum absolute atomic E-state index is 0.0295. The van der Waals surface area contributed by atoms with Gasteiger partial charge >= 0.3 is 0 Å². The number of benzene rings is 1. The van der Waals surface area contributed by atoms with Crippen molar-refractivity contribution in [1.82, 2.24) is 4.90 Å². The van der Waals surface area contributed by atoms with Crippen LogP contribution in [0.1, 0.15) is 19.8 Å². The van der Waals surface area contributed by atoms with E-state index in [0.29, 0.717) is 35.2 Å². The summed E-state index contributed by atoms with van der Waals surface area (Å²) < 4.78 is 5.09. The van der Waals surface area contributed by atoms with Crippen LogP contribution >= 0.6 is 11.8 Å². The van der Waals surface area contributed by atoms with Crippen LogP contribution in [0.3, 0.4) is 0 Å². The molecule has 7 heteroatoms. The standard InChI is InChI=1S/C15H21N3O3S/c1-3-4-14(19)18-9-22-8-12(18)15(20)17-10-5-6-13(21-2)11(16)7-10/h5-7,12H,3-4,8-9,16H2,1-2H3,(H,17,20). The molecule has 1 unspecified atom stereocenters. The zero-order valence-electron chi connectivity index (χ0n) is 12.8. The SMILES string of the molecule is CCCC(=O)N1CSCC1C(=O)Nc1ccc(OC)c(N)c1. The van der Waals surface area contributed by atoms with Crippen LogP contribution in [0.4, 0.5) is 11.4 Å². The second kappa shape index (κ2) is 7.40. The number of nitrogens with one attached hydrogen (secondary N) is 1. The van der Waals surface area contributed by atoms with Crippen molar-refractivity contribution in [2.75, 3.05) is 29.8 Å². The van der Waals surface area contributed by atoms with E-state index in [2.05, 4.69) is 5.32 Å². The van der Waals surface area contributed by atoms with Crippen LogP contribution in [-0.4, -0.2) is 41.5 Å². The van der Waals surface area contributed by atoms with Gasteiger partial charge < -0.3 is 20.7 Å². The van der Waals surface area contributed by atoms with Gasteiger partial charge in [0, 0.05) is 17.9 Å². The summed E-state index contributed by atoms with van der Waals surface area (Å²) in [7, 11) is 1.54. The number of carbonyl (C=O) groups is 2. The van der Waals surface area contributed by atoms with Crippen molar-refractivity contribution in [2.45, 2.75) is 25.8 Å². The number of nitrogens with two attached hydrogens (primary N) is 1. The lowest BCUT2D eigenvalue weighted by molar-refractivity contribution is -0.136. The van der Waals surface area contributed by atoms with Gasteiger partial charge in [-0.05, 0) is 24.6 Å². The highest BCUT2D eigenvalue weighted by Crippen LogP contribution is 2.26. The molecule has 2 rings (SSSR count). The predicted molar refractivity (Wildman–Crippen MR) is 88.9 cm³/mol. The lowest BCUT2D eigenvalue weighted by atomic mass is 10.2. The van der Waals surface area contributed by atoms with E-state index < -0.39 is 6.04 Å². The molecule has 0 aromatic heterocycles. The van der Waals surface area contributed by atoms with E-state index in [-0.39, 0.29) is 11.8 Å². The molecule has 0 aliphatic carbocycles. The van der Waals surface area contributed by atoms with Crippen molar-refractivity contribution in [2.24, 2.45) is 0 Å². The molecule has 1 heterocycles. The summed E-state index contributed by atoms with van der Waals surface area (Å²) in [4.78, 5) is 26.1. The Morgan fingerprint density at radius 1 is 1.50 bits per heavy atom. The third-order valence-corrected chi connectivity index (χ3v) is 4.48. The minimum atomic E-state index is -0.424. The summed E-state index contributed by atoms with van der Waals surface area (Å²) in [5.74, 6) is 1.60. The summed E-state index contributed by atoms with van der Waals surface area (Å²) in [6, 6.07) is 4.66. The number of nitrogens with zero attached hydrogens (tertiary/aromatic N) is 1. The van der Waals surface area contributed by atoms with E-state index in [0.717, 1.165) is 6.42 Å². The Labute approximate surface area is 134 Å². The molecule has 1 aliphatic heterocycles. The highest BCUT2D eigenvalue weighted by atomic mass is 32.2. The van der Waals surface area contributed by atoms with Gasteiger partial charge in [-0.3, -0.25) is 9.59 Å². The first-order valence-electron chi connectivity index (χ1n) is 7.18. The topological polar surface area (TPSA) is 84.7 Å². The van der Waals surface area contributed by atoms with E-state index in [1.54, 1.807) is 34.9 Å². The Kier molecular flexibility index (Phi) is 5.54. The maximum atomic E-state index is 12.4. The normalized spacial score (nSPS) is 17.4. The average molecular weight is 323 g/mol. The van der Waals surface area contributed by atoms with E-state index in [4.69, 9.17) is 10.5 Å². The second-order valence-corrected chi connectivity index (χ2v) is 6.07. The van der Waals surface area contributed by atoms with Gasteiger partial charge in [-0.1, -0.05) is 6.92 Å². The van der Waals surface area contributed by atoms with Gasteiger partial charge in [-0.25, -0.2) is 0 Å². The first-order chi connectivity index (χ1) is 10.6. The number of rotatable bonds is 5. The van der Waals surface area contributed by atoms with E-state index in [9.17, 15) is 9.59 Å². The van der Waals surface area contributed by atoms with Crippen molar-refractivity contribution in [3.63, 3.8) is 0 Å². The molecular weight excluding hydrogens is 302 g/mol. The molecule has 0 radical (unpaired) electrons. The Hall–Kier alpha value is -1.89. The maximum absolute atomic E-state index is 12.4. The predicted octanol–water partition coefficient (Wildman–Crippen LogP) is 1.92. The van der Waals surface area contributed by atoms with Gasteiger partial charge in [0.15, 0.2) is 0 Å². The first-order valence-corrected chi connectivity index (χ1v) is 8.33. The van der Waals surface area contributed by atoms with Crippen molar-refractivity contribution in [1.29, 1.82) is 0 Å². The van der Waals surface area contributed by atoms with E-state index >= 15 is 0 Å². The van der Waals surface area contributed by atoms with E-state index in [1.807, 2.05) is 6.92 Å². The van der Waals surface area contributed by atoms with Crippen LogP contribution in [0.5, 0.6) is 5.75 Å². The molecule has 1 atom stereocenters. The Morgan fingerprint density at radius 3 is 2.91 bits per heavy atom. The Morgan fingerprint density at radius 2 is 2.27 bits per heavy atom. The molecule has 2 amide bonds. The Balaban J connectivity index is 2.05. The molecule has 1 aromatic carbocycles. The van der Waals surface area contributed by atoms with Crippen molar-refractivity contribution in [3.05, 3.63) is 18.2 Å². The average Bonchev–Trinajstić information content (AvgIpc) is 2.97. The van der Waals surface area contributed by atoms with Gasteiger partial charge in [-0.15, -0.1) is 11.8 Å². The number of anilines is 2. The summed E-state index contributed by atoms with van der Waals surface area (Å²) >= 11 is 1.59. The molecule has 0 spiro atoms. The van der Waals surface area contributed by atoms with Crippen LogP contribution in [0.2, 0.25) is 0 Å². The minimum Gasteiger partial charge on any atom is -0.495 e. The smallest absolute Gasteiger partial charge is 0.248 e. The monoisotopic (exact) mass is 323 g/mol. The molecule has 3 N–H and O–H groups in total. The summed E-state index contributed by atoms with van der Waals surface area (Å²) in [6.45, 7) is 1.95. The highest BCUT2D eigenvalue weighted by molar-refractivity contribution is 7.99. The number of thioether (sulfide) groups is 1. The summed E-state index contributed by atoms with van der Waals surface area (Å²) in [5.41, 5.74) is 6.89. The van der Waals surface area contributed by atoms with Gasteiger partial charge in [0.1, 0.15) is 11.8 Å². The molecule has 22 heavy (non-hydrogen) atoms. The third-order valence-electron chi connectivity index (χ3n) is 3.47. The quantitative estimate of drug-likeness (QED) is 0.809. The van der Waals surface area contributed by atoms with Crippen molar-refractivity contribution < 1.29 is 14.3 Å². The molecule has 0 bridgehead atoms. The number of amides is 2. The zero-order chi connectivity index (χ0) is 16.1. The number of hydrogen-bond donors (Lipinski definition) is 2. The van der Waals surface area contributed by atoms with Gasteiger partial charge in [-0.2, -0.15) is 0 Å². The van der Waals surface area contributed by atoms with E-state index in [1.165, 1.54) is 7.11 Å². The van der Waals surface area contributed by atoms with Crippen LogP contribution in [0.15, 0.2) is 18.2 Å². The maximum Gasteiger partial charge on any atom is 0.248 e. The Bertz CT molecular complexity index is 565. The summed E-state index contributed by atoms with van der Waals surface area (Å²) in [5, 5.41) is 2.82.